The van der Waals surface area contributed by atoms with Crippen LogP contribution in [-0.4, -0.2) is 56.8 Å². The molecule has 168 valence electrons. The average molecular weight is 441 g/mol. The Kier molecular flexibility index (Phi) is 5.96. The van der Waals surface area contributed by atoms with Gasteiger partial charge in [-0.2, -0.15) is 13.2 Å². The maximum Gasteiger partial charge on any atom is 0.425 e. The molecule has 1 atom stereocenters. The number of aliphatic hydroxyl groups is 1. The van der Waals surface area contributed by atoms with E-state index < -0.39 is 35.7 Å². The zero-order valence-electron chi connectivity index (χ0n) is 17.1. The van der Waals surface area contributed by atoms with E-state index in [0.29, 0.717) is 18.6 Å². The number of rotatable bonds is 7. The summed E-state index contributed by atoms with van der Waals surface area (Å²) < 4.78 is 48.4. The van der Waals surface area contributed by atoms with Crippen molar-refractivity contribution in [3.63, 3.8) is 0 Å². The van der Waals surface area contributed by atoms with E-state index in [4.69, 9.17) is 4.42 Å². The van der Waals surface area contributed by atoms with Gasteiger partial charge in [-0.3, -0.25) is 9.36 Å². The van der Waals surface area contributed by atoms with Crippen LogP contribution in [-0.2, 0) is 24.0 Å². The van der Waals surface area contributed by atoms with Crippen LogP contribution < -0.4 is 11.1 Å². The lowest BCUT2D eigenvalue weighted by Gasteiger charge is -2.29. The fourth-order valence-electron chi connectivity index (χ4n) is 3.16. The molecule has 9 nitrogen and oxygen atoms in total. The van der Waals surface area contributed by atoms with E-state index in [9.17, 15) is 27.9 Å². The van der Waals surface area contributed by atoms with Crippen LogP contribution in [0.4, 0.5) is 18.9 Å². The summed E-state index contributed by atoms with van der Waals surface area (Å²) in [7, 11) is 4.96. The Balaban J connectivity index is 1.86. The fourth-order valence-corrected chi connectivity index (χ4v) is 3.16. The van der Waals surface area contributed by atoms with Gasteiger partial charge in [-0.15, -0.1) is 0 Å². The smallest absolute Gasteiger partial charge is 0.408 e. The number of hydrogen-bond donors (Lipinski definition) is 2. The molecule has 0 saturated heterocycles. The Morgan fingerprint density at radius 3 is 2.61 bits per heavy atom. The number of likely N-dealkylation sites (N-methyl/N-ethyl adjacent to an activating group) is 1. The number of anilines is 1. The summed E-state index contributed by atoms with van der Waals surface area (Å²) in [5.74, 6) is -2.35. The molecule has 0 saturated carbocycles. The molecule has 12 heteroatoms. The first-order valence-corrected chi connectivity index (χ1v) is 9.27. The van der Waals surface area contributed by atoms with Crippen LogP contribution in [0, 0.1) is 0 Å². The molecule has 0 radical (unpaired) electrons. The van der Waals surface area contributed by atoms with Gasteiger partial charge in [0, 0.05) is 38.2 Å². The summed E-state index contributed by atoms with van der Waals surface area (Å²) in [5, 5.41) is 12.7. The molecule has 0 spiro atoms. The van der Waals surface area contributed by atoms with Gasteiger partial charge in [-0.25, -0.2) is 9.78 Å². The molecule has 3 rings (SSSR count). The Hall–Kier alpha value is -3.12. The van der Waals surface area contributed by atoms with Crippen LogP contribution in [0.1, 0.15) is 12.2 Å². The molecule has 0 aliphatic heterocycles. The lowest BCUT2D eigenvalue weighted by Crippen LogP contribution is -2.46. The van der Waals surface area contributed by atoms with Gasteiger partial charge in [0.15, 0.2) is 11.4 Å². The zero-order chi connectivity index (χ0) is 23.0. The Labute approximate surface area is 174 Å². The highest BCUT2D eigenvalue weighted by molar-refractivity contribution is 5.93. The van der Waals surface area contributed by atoms with Crippen molar-refractivity contribution in [2.45, 2.75) is 24.7 Å². The van der Waals surface area contributed by atoms with Gasteiger partial charge in [-0.1, -0.05) is 0 Å². The number of halogens is 3. The highest BCUT2D eigenvalue weighted by Gasteiger charge is 2.58. The second-order valence-corrected chi connectivity index (χ2v) is 7.45. The first-order valence-electron chi connectivity index (χ1n) is 9.27. The van der Waals surface area contributed by atoms with E-state index in [1.807, 2.05) is 19.0 Å². The number of alkyl halides is 3. The number of nitrogens with one attached hydrogen (secondary N) is 1. The van der Waals surface area contributed by atoms with Gasteiger partial charge in [-0.05, 0) is 32.3 Å². The van der Waals surface area contributed by atoms with Gasteiger partial charge < -0.3 is 24.3 Å². The van der Waals surface area contributed by atoms with Crippen LogP contribution in [0.2, 0.25) is 0 Å². The van der Waals surface area contributed by atoms with Crippen molar-refractivity contribution >= 4 is 22.7 Å². The van der Waals surface area contributed by atoms with E-state index in [1.54, 1.807) is 0 Å². The minimum atomic E-state index is -5.13. The van der Waals surface area contributed by atoms with Crippen LogP contribution in [0.5, 0.6) is 0 Å². The molecule has 0 bridgehead atoms. The number of oxazole rings is 1. The summed E-state index contributed by atoms with van der Waals surface area (Å²) in [4.78, 5) is 29.9. The molecule has 2 aromatic heterocycles. The lowest BCUT2D eigenvalue weighted by molar-refractivity contribution is -0.270. The number of carbonyl (C=O) groups is 1. The van der Waals surface area contributed by atoms with Crippen LogP contribution >= 0.6 is 0 Å². The van der Waals surface area contributed by atoms with E-state index in [2.05, 4.69) is 10.3 Å². The monoisotopic (exact) mass is 441 g/mol. The van der Waals surface area contributed by atoms with Crippen molar-refractivity contribution in [1.82, 2.24) is 19.0 Å². The van der Waals surface area contributed by atoms with Gasteiger partial charge in [0.25, 0.3) is 0 Å². The quantitative estimate of drug-likeness (QED) is 0.578. The standard InChI is InChI=1S/C19H22F3N5O4/c1-25(2)8-9-27-13-10-12(4-5-14(13)31-17(27)29)24-15(28)11-18(30,19(20,21)22)16-23-6-7-26(16)3/h4-7,10,30H,8-9,11H2,1-3H3,(H,24,28). The van der Waals surface area contributed by atoms with E-state index >= 15 is 0 Å². The molecule has 2 N–H and O–H groups in total. The third kappa shape index (κ3) is 4.49. The van der Waals surface area contributed by atoms with E-state index in [1.165, 1.54) is 36.0 Å². The van der Waals surface area contributed by atoms with E-state index in [-0.39, 0.29) is 11.3 Å². The van der Waals surface area contributed by atoms with E-state index in [0.717, 1.165) is 10.8 Å². The Bertz CT molecular complexity index is 1150. The predicted octanol–water partition coefficient (Wildman–Crippen LogP) is 1.67. The van der Waals surface area contributed by atoms with Gasteiger partial charge in [0.05, 0.1) is 11.9 Å². The molecule has 0 aliphatic rings. The van der Waals surface area contributed by atoms with Crippen molar-refractivity contribution in [2.24, 2.45) is 7.05 Å². The summed E-state index contributed by atoms with van der Waals surface area (Å²) in [6, 6.07) is 4.27. The second-order valence-electron chi connectivity index (χ2n) is 7.45. The SMILES string of the molecule is CN(C)CCn1c(=O)oc2ccc(NC(=O)CC(O)(c3nccn3C)C(F)(F)F)cc21. The fraction of sp³-hybridized carbons (Fsp3) is 0.421. The van der Waals surface area contributed by atoms with Crippen molar-refractivity contribution in [1.29, 1.82) is 0 Å². The number of benzene rings is 1. The van der Waals surface area contributed by atoms with Gasteiger partial charge in [0.2, 0.25) is 11.5 Å². The highest BCUT2D eigenvalue weighted by atomic mass is 19.4. The summed E-state index contributed by atoms with van der Waals surface area (Å²) in [6.07, 6.45) is -4.09. The van der Waals surface area contributed by atoms with Crippen LogP contribution in [0.15, 0.2) is 39.8 Å². The number of imidazole rings is 1. The number of aryl methyl sites for hydroxylation is 1. The third-order valence-electron chi connectivity index (χ3n) is 4.80. The molecular formula is C19H22F3N5O4. The number of nitrogens with zero attached hydrogens (tertiary/aromatic N) is 4. The molecule has 1 unspecified atom stereocenters. The average Bonchev–Trinajstić information content (AvgIpc) is 3.21. The lowest BCUT2D eigenvalue weighted by atomic mass is 9.97. The summed E-state index contributed by atoms with van der Waals surface area (Å²) in [5.41, 5.74) is -2.65. The predicted molar refractivity (Wildman–Crippen MR) is 105 cm³/mol. The topological polar surface area (TPSA) is 106 Å². The molecule has 1 amide bonds. The molecule has 0 aliphatic carbocycles. The molecule has 2 heterocycles. The largest absolute Gasteiger partial charge is 0.425 e. The second kappa shape index (κ2) is 8.19. The number of fused-ring (bicyclic) bond motifs is 1. The number of amides is 1. The van der Waals surface area contributed by atoms with Crippen molar-refractivity contribution in [2.75, 3.05) is 26.0 Å². The molecular weight excluding hydrogens is 419 g/mol. The maximum absolute atomic E-state index is 13.6. The van der Waals surface area contributed by atoms with Crippen molar-refractivity contribution in [3.05, 3.63) is 47.0 Å². The van der Waals surface area contributed by atoms with Crippen molar-refractivity contribution in [3.8, 4) is 0 Å². The minimum absolute atomic E-state index is 0.154. The van der Waals surface area contributed by atoms with Gasteiger partial charge in [0.1, 0.15) is 0 Å². The van der Waals surface area contributed by atoms with Gasteiger partial charge >= 0.3 is 11.9 Å². The number of aromatic nitrogens is 3. The number of carbonyl (C=O) groups excluding carboxylic acids is 1. The van der Waals surface area contributed by atoms with Crippen LogP contribution in [0.25, 0.3) is 11.1 Å². The summed E-state index contributed by atoms with van der Waals surface area (Å²) in [6.45, 7) is 0.872. The Morgan fingerprint density at radius 1 is 1.32 bits per heavy atom. The molecule has 0 fully saturated rings. The first-order chi connectivity index (χ1) is 14.4. The maximum atomic E-state index is 13.6. The molecule has 31 heavy (non-hydrogen) atoms. The van der Waals surface area contributed by atoms with Crippen LogP contribution in [0.3, 0.4) is 0 Å². The number of hydrogen-bond acceptors (Lipinski definition) is 6. The third-order valence-corrected chi connectivity index (χ3v) is 4.80. The summed E-state index contributed by atoms with van der Waals surface area (Å²) >= 11 is 0. The van der Waals surface area contributed by atoms with Crippen molar-refractivity contribution < 1.29 is 27.5 Å². The minimum Gasteiger partial charge on any atom is -0.408 e. The molecule has 1 aromatic carbocycles. The first kappa shape index (κ1) is 22.6. The highest BCUT2D eigenvalue weighted by Crippen LogP contribution is 2.41. The normalized spacial score (nSPS) is 14.2. The zero-order valence-corrected chi connectivity index (χ0v) is 17.1. The molecule has 3 aromatic rings. The Morgan fingerprint density at radius 2 is 2.03 bits per heavy atom.